The lowest BCUT2D eigenvalue weighted by molar-refractivity contribution is 0.0969. The van der Waals surface area contributed by atoms with E-state index < -0.39 is 0 Å². The van der Waals surface area contributed by atoms with Crippen LogP contribution in [0.15, 0.2) is 0 Å². The zero-order chi connectivity index (χ0) is 13.7. The van der Waals surface area contributed by atoms with Gasteiger partial charge in [-0.15, -0.1) is 0 Å². The summed E-state index contributed by atoms with van der Waals surface area (Å²) >= 11 is 0. The third-order valence-corrected chi connectivity index (χ3v) is 4.55. The molecular weight excluding hydrogens is 234 g/mol. The summed E-state index contributed by atoms with van der Waals surface area (Å²) in [6.45, 7) is 14.3. The molecule has 19 heavy (non-hydrogen) atoms. The highest BCUT2D eigenvalue weighted by Crippen LogP contribution is 2.24. The third kappa shape index (κ3) is 5.41. The van der Waals surface area contributed by atoms with Crippen molar-refractivity contribution in [3.8, 4) is 0 Å². The van der Waals surface area contributed by atoms with Gasteiger partial charge in [0, 0.05) is 37.8 Å². The number of piperazine rings is 1. The summed E-state index contributed by atoms with van der Waals surface area (Å²) < 4.78 is 0. The summed E-state index contributed by atoms with van der Waals surface area (Å²) in [7, 11) is 0. The number of hydrogen-bond donors (Lipinski definition) is 1. The van der Waals surface area contributed by atoms with Crippen LogP contribution < -0.4 is 5.32 Å². The second-order valence-corrected chi connectivity index (χ2v) is 7.35. The van der Waals surface area contributed by atoms with Crippen molar-refractivity contribution in [2.45, 2.75) is 64.5 Å². The maximum atomic E-state index is 3.58. The molecule has 1 aliphatic carbocycles. The molecule has 3 heteroatoms. The Morgan fingerprint density at radius 1 is 1.00 bits per heavy atom. The molecule has 1 aliphatic heterocycles. The van der Waals surface area contributed by atoms with E-state index >= 15 is 0 Å². The Labute approximate surface area is 119 Å². The lowest BCUT2D eigenvalue weighted by Crippen LogP contribution is -2.50. The van der Waals surface area contributed by atoms with E-state index in [9.17, 15) is 0 Å². The van der Waals surface area contributed by atoms with Gasteiger partial charge in [0.05, 0.1) is 0 Å². The van der Waals surface area contributed by atoms with Gasteiger partial charge in [-0.2, -0.15) is 0 Å². The Hall–Kier alpha value is -0.120. The third-order valence-electron chi connectivity index (χ3n) is 4.55. The first kappa shape index (κ1) is 15.3. The average Bonchev–Trinajstić information content (AvgIpc) is 2.88. The normalized spacial score (nSPS) is 24.2. The molecule has 0 unspecified atom stereocenters. The van der Waals surface area contributed by atoms with E-state index in [0.29, 0.717) is 0 Å². The van der Waals surface area contributed by atoms with Crippen LogP contribution in [0.2, 0.25) is 0 Å². The van der Waals surface area contributed by atoms with E-state index in [1.165, 1.54) is 64.8 Å². The molecular formula is C16H33N3. The maximum absolute atomic E-state index is 3.58. The summed E-state index contributed by atoms with van der Waals surface area (Å²) in [4.78, 5) is 5.40. The second-order valence-electron chi connectivity index (χ2n) is 7.35. The van der Waals surface area contributed by atoms with Crippen molar-refractivity contribution in [2.24, 2.45) is 0 Å². The monoisotopic (exact) mass is 267 g/mol. The average molecular weight is 267 g/mol. The molecule has 1 saturated carbocycles. The van der Waals surface area contributed by atoms with Crippen LogP contribution in [0.3, 0.4) is 0 Å². The van der Waals surface area contributed by atoms with E-state index in [4.69, 9.17) is 0 Å². The van der Waals surface area contributed by atoms with Crippen LogP contribution in [-0.2, 0) is 0 Å². The van der Waals surface area contributed by atoms with Crippen LogP contribution in [0, 0.1) is 0 Å². The second kappa shape index (κ2) is 7.05. The molecule has 0 aromatic carbocycles. The standard InChI is InChI=1S/C16H33N3/c1-16(2,3)17-9-6-10-18-11-13-19(14-12-18)15-7-4-5-8-15/h15,17H,4-14H2,1-3H3. The minimum Gasteiger partial charge on any atom is -0.312 e. The Morgan fingerprint density at radius 3 is 2.21 bits per heavy atom. The lowest BCUT2D eigenvalue weighted by atomic mass is 10.1. The molecule has 0 aromatic heterocycles. The zero-order valence-corrected chi connectivity index (χ0v) is 13.2. The number of hydrogen-bond acceptors (Lipinski definition) is 3. The Balaban J connectivity index is 1.56. The van der Waals surface area contributed by atoms with Crippen LogP contribution in [0.5, 0.6) is 0 Å². The van der Waals surface area contributed by atoms with Gasteiger partial charge in [0.1, 0.15) is 0 Å². The van der Waals surface area contributed by atoms with Crippen LogP contribution in [0.4, 0.5) is 0 Å². The van der Waals surface area contributed by atoms with Gasteiger partial charge < -0.3 is 10.2 Å². The number of nitrogens with zero attached hydrogens (tertiary/aromatic N) is 2. The minimum absolute atomic E-state index is 0.265. The molecule has 1 heterocycles. The fraction of sp³-hybridized carbons (Fsp3) is 1.00. The predicted octanol–water partition coefficient (Wildman–Crippen LogP) is 2.32. The van der Waals surface area contributed by atoms with Crippen LogP contribution in [-0.4, -0.2) is 60.6 Å². The van der Waals surface area contributed by atoms with Gasteiger partial charge >= 0.3 is 0 Å². The fourth-order valence-electron chi connectivity index (χ4n) is 3.39. The summed E-state index contributed by atoms with van der Waals surface area (Å²) in [6, 6.07) is 0.921. The van der Waals surface area contributed by atoms with Crippen LogP contribution >= 0.6 is 0 Å². The molecule has 0 spiro atoms. The fourth-order valence-corrected chi connectivity index (χ4v) is 3.39. The molecule has 0 aromatic rings. The van der Waals surface area contributed by atoms with E-state index in [1.54, 1.807) is 0 Å². The van der Waals surface area contributed by atoms with Gasteiger partial charge in [0.15, 0.2) is 0 Å². The Morgan fingerprint density at radius 2 is 1.63 bits per heavy atom. The van der Waals surface area contributed by atoms with Crippen LogP contribution in [0.25, 0.3) is 0 Å². The molecule has 0 amide bonds. The summed E-state index contributed by atoms with van der Waals surface area (Å²) in [6.07, 6.45) is 7.11. The highest BCUT2D eigenvalue weighted by molar-refractivity contribution is 4.82. The van der Waals surface area contributed by atoms with Crippen molar-refractivity contribution in [3.63, 3.8) is 0 Å². The summed E-state index contributed by atoms with van der Waals surface area (Å²) in [5.41, 5.74) is 0.265. The van der Waals surface area contributed by atoms with Gasteiger partial charge in [-0.25, -0.2) is 0 Å². The van der Waals surface area contributed by atoms with E-state index in [2.05, 4.69) is 35.9 Å². The van der Waals surface area contributed by atoms with Crippen molar-refractivity contribution in [2.75, 3.05) is 39.3 Å². The maximum Gasteiger partial charge on any atom is 0.0113 e. The first-order valence-corrected chi connectivity index (χ1v) is 8.26. The molecule has 2 aliphatic rings. The number of rotatable bonds is 5. The van der Waals surface area contributed by atoms with E-state index in [-0.39, 0.29) is 5.54 Å². The van der Waals surface area contributed by atoms with E-state index in [0.717, 1.165) is 12.6 Å². The van der Waals surface area contributed by atoms with Gasteiger partial charge in [-0.05, 0) is 53.1 Å². The highest BCUT2D eigenvalue weighted by atomic mass is 15.3. The van der Waals surface area contributed by atoms with Crippen molar-refractivity contribution >= 4 is 0 Å². The molecule has 1 saturated heterocycles. The van der Waals surface area contributed by atoms with E-state index in [1.807, 2.05) is 0 Å². The van der Waals surface area contributed by atoms with Crippen molar-refractivity contribution in [1.29, 1.82) is 0 Å². The molecule has 1 N–H and O–H groups in total. The Bertz CT molecular complexity index is 245. The van der Waals surface area contributed by atoms with Crippen molar-refractivity contribution in [1.82, 2.24) is 15.1 Å². The Kier molecular flexibility index (Phi) is 5.67. The summed E-state index contributed by atoms with van der Waals surface area (Å²) in [5, 5.41) is 3.58. The molecule has 0 radical (unpaired) electrons. The zero-order valence-electron chi connectivity index (χ0n) is 13.2. The first-order valence-electron chi connectivity index (χ1n) is 8.26. The van der Waals surface area contributed by atoms with Gasteiger partial charge in [-0.3, -0.25) is 4.90 Å². The van der Waals surface area contributed by atoms with Crippen molar-refractivity contribution in [3.05, 3.63) is 0 Å². The molecule has 2 fully saturated rings. The largest absolute Gasteiger partial charge is 0.312 e. The molecule has 0 bridgehead atoms. The van der Waals surface area contributed by atoms with Gasteiger partial charge in [0.25, 0.3) is 0 Å². The smallest absolute Gasteiger partial charge is 0.0113 e. The lowest BCUT2D eigenvalue weighted by Gasteiger charge is -2.38. The summed E-state index contributed by atoms with van der Waals surface area (Å²) in [5.74, 6) is 0. The molecule has 3 nitrogen and oxygen atoms in total. The van der Waals surface area contributed by atoms with Gasteiger partial charge in [-0.1, -0.05) is 12.8 Å². The molecule has 2 rings (SSSR count). The highest BCUT2D eigenvalue weighted by Gasteiger charge is 2.25. The topological polar surface area (TPSA) is 18.5 Å². The first-order chi connectivity index (χ1) is 9.04. The minimum atomic E-state index is 0.265. The number of nitrogens with one attached hydrogen (secondary N) is 1. The molecule has 0 atom stereocenters. The quantitative estimate of drug-likeness (QED) is 0.771. The van der Waals surface area contributed by atoms with Gasteiger partial charge in [0.2, 0.25) is 0 Å². The predicted molar refractivity (Wildman–Crippen MR) is 82.6 cm³/mol. The SMILES string of the molecule is CC(C)(C)NCCCN1CCN(C2CCCC2)CC1. The molecule has 112 valence electrons. The van der Waals surface area contributed by atoms with Crippen molar-refractivity contribution < 1.29 is 0 Å². The van der Waals surface area contributed by atoms with Crippen LogP contribution in [0.1, 0.15) is 52.9 Å².